The summed E-state index contributed by atoms with van der Waals surface area (Å²) in [5.41, 5.74) is 0.943. The summed E-state index contributed by atoms with van der Waals surface area (Å²) in [7, 11) is 0. The first-order valence-corrected chi connectivity index (χ1v) is 5.40. The van der Waals surface area contributed by atoms with E-state index < -0.39 is 0 Å². The van der Waals surface area contributed by atoms with Crippen molar-refractivity contribution in [2.24, 2.45) is 0 Å². The lowest BCUT2D eigenvalue weighted by molar-refractivity contribution is 0.111. The summed E-state index contributed by atoms with van der Waals surface area (Å²) in [5, 5.41) is 1.52. The first-order valence-electron chi connectivity index (χ1n) is 5.40. The molecule has 0 fully saturated rings. The van der Waals surface area contributed by atoms with E-state index in [0.717, 1.165) is 18.0 Å². The SMILES string of the molecule is CCOc1ccc2cccc(C=O)c2c1C=O. The van der Waals surface area contributed by atoms with Gasteiger partial charge in [-0.15, -0.1) is 0 Å². The van der Waals surface area contributed by atoms with Crippen LogP contribution in [-0.4, -0.2) is 19.2 Å². The topological polar surface area (TPSA) is 43.4 Å². The van der Waals surface area contributed by atoms with Gasteiger partial charge in [0.1, 0.15) is 5.75 Å². The maximum absolute atomic E-state index is 11.2. The van der Waals surface area contributed by atoms with E-state index in [-0.39, 0.29) is 0 Å². The number of rotatable bonds is 4. The molecule has 0 saturated heterocycles. The number of aldehydes is 2. The summed E-state index contributed by atoms with van der Waals surface area (Å²) < 4.78 is 5.39. The maximum atomic E-state index is 11.2. The molecule has 3 heteroatoms. The molecule has 0 aromatic heterocycles. The Bertz CT molecular complexity index is 573. The summed E-state index contributed by atoms with van der Waals surface area (Å²) in [6.07, 6.45) is 1.49. The smallest absolute Gasteiger partial charge is 0.154 e. The largest absolute Gasteiger partial charge is 0.493 e. The van der Waals surface area contributed by atoms with Crippen LogP contribution in [0.2, 0.25) is 0 Å². The lowest BCUT2D eigenvalue weighted by Crippen LogP contribution is -1.98. The Labute approximate surface area is 99.0 Å². The quantitative estimate of drug-likeness (QED) is 0.756. The average molecular weight is 228 g/mol. The van der Waals surface area contributed by atoms with Crippen molar-refractivity contribution >= 4 is 23.3 Å². The Morgan fingerprint density at radius 3 is 2.59 bits per heavy atom. The molecule has 0 bridgehead atoms. The molecule has 0 amide bonds. The number of hydrogen-bond donors (Lipinski definition) is 0. The summed E-state index contributed by atoms with van der Waals surface area (Å²) >= 11 is 0. The van der Waals surface area contributed by atoms with Crippen LogP contribution >= 0.6 is 0 Å². The molecular weight excluding hydrogens is 216 g/mol. The van der Waals surface area contributed by atoms with Crippen LogP contribution < -0.4 is 4.74 Å². The lowest BCUT2D eigenvalue weighted by atomic mass is 9.99. The maximum Gasteiger partial charge on any atom is 0.154 e. The number of ether oxygens (including phenoxy) is 1. The van der Waals surface area contributed by atoms with Gasteiger partial charge in [-0.2, -0.15) is 0 Å². The van der Waals surface area contributed by atoms with Gasteiger partial charge in [-0.05, 0) is 18.4 Å². The van der Waals surface area contributed by atoms with Crippen LogP contribution in [-0.2, 0) is 0 Å². The predicted octanol–water partition coefficient (Wildman–Crippen LogP) is 2.86. The molecule has 0 heterocycles. The minimum atomic E-state index is 0.437. The molecule has 0 aliphatic heterocycles. The molecule has 0 atom stereocenters. The third-order valence-corrected chi connectivity index (χ3v) is 2.62. The first-order chi connectivity index (χ1) is 8.31. The van der Waals surface area contributed by atoms with Crippen LogP contribution in [0.3, 0.4) is 0 Å². The molecule has 86 valence electrons. The second kappa shape index (κ2) is 4.78. The van der Waals surface area contributed by atoms with Gasteiger partial charge in [-0.1, -0.05) is 24.3 Å². The molecule has 0 unspecified atom stereocenters. The fourth-order valence-corrected chi connectivity index (χ4v) is 1.91. The lowest BCUT2D eigenvalue weighted by Gasteiger charge is -2.10. The van der Waals surface area contributed by atoms with E-state index in [1.807, 2.05) is 19.1 Å². The summed E-state index contributed by atoms with van der Waals surface area (Å²) in [6, 6.07) is 8.95. The van der Waals surface area contributed by atoms with Gasteiger partial charge >= 0.3 is 0 Å². The van der Waals surface area contributed by atoms with E-state index in [9.17, 15) is 9.59 Å². The zero-order valence-electron chi connectivity index (χ0n) is 9.47. The van der Waals surface area contributed by atoms with Crippen molar-refractivity contribution in [1.82, 2.24) is 0 Å². The van der Waals surface area contributed by atoms with E-state index in [4.69, 9.17) is 4.74 Å². The summed E-state index contributed by atoms with van der Waals surface area (Å²) in [5.74, 6) is 0.518. The molecule has 2 aromatic carbocycles. The number of benzene rings is 2. The van der Waals surface area contributed by atoms with E-state index in [0.29, 0.717) is 28.9 Å². The van der Waals surface area contributed by atoms with E-state index in [1.165, 1.54) is 0 Å². The Morgan fingerprint density at radius 2 is 1.94 bits per heavy atom. The van der Waals surface area contributed by atoms with Crippen molar-refractivity contribution < 1.29 is 14.3 Å². The van der Waals surface area contributed by atoms with Crippen molar-refractivity contribution in [2.75, 3.05) is 6.61 Å². The third kappa shape index (κ3) is 1.91. The molecule has 0 aliphatic rings. The van der Waals surface area contributed by atoms with Crippen LogP contribution in [0.5, 0.6) is 5.75 Å². The van der Waals surface area contributed by atoms with Gasteiger partial charge in [-0.25, -0.2) is 0 Å². The fourth-order valence-electron chi connectivity index (χ4n) is 1.91. The minimum absolute atomic E-state index is 0.437. The predicted molar refractivity (Wildman–Crippen MR) is 65.9 cm³/mol. The second-order valence-corrected chi connectivity index (χ2v) is 3.59. The van der Waals surface area contributed by atoms with E-state index in [1.54, 1.807) is 18.2 Å². The fraction of sp³-hybridized carbons (Fsp3) is 0.143. The average Bonchev–Trinajstić information content (AvgIpc) is 2.38. The Morgan fingerprint density at radius 1 is 1.12 bits per heavy atom. The van der Waals surface area contributed by atoms with Crippen molar-refractivity contribution in [2.45, 2.75) is 6.92 Å². The Balaban J connectivity index is 2.82. The highest BCUT2D eigenvalue weighted by Crippen LogP contribution is 2.28. The highest BCUT2D eigenvalue weighted by atomic mass is 16.5. The zero-order valence-corrected chi connectivity index (χ0v) is 9.47. The molecule has 0 N–H and O–H groups in total. The van der Waals surface area contributed by atoms with Gasteiger partial charge in [0, 0.05) is 10.9 Å². The van der Waals surface area contributed by atoms with Crippen molar-refractivity contribution in [1.29, 1.82) is 0 Å². The van der Waals surface area contributed by atoms with Crippen LogP contribution in [0.4, 0.5) is 0 Å². The van der Waals surface area contributed by atoms with Crippen molar-refractivity contribution in [3.63, 3.8) is 0 Å². The number of fused-ring (bicyclic) bond motifs is 1. The zero-order chi connectivity index (χ0) is 12.3. The molecule has 3 nitrogen and oxygen atoms in total. The molecular formula is C14H12O3. The normalized spacial score (nSPS) is 10.2. The van der Waals surface area contributed by atoms with Gasteiger partial charge in [-0.3, -0.25) is 9.59 Å². The molecule has 0 aliphatic carbocycles. The van der Waals surface area contributed by atoms with Crippen LogP contribution in [0.15, 0.2) is 30.3 Å². The summed E-state index contributed by atoms with van der Waals surface area (Å²) in [6.45, 7) is 2.33. The molecule has 0 radical (unpaired) electrons. The molecule has 17 heavy (non-hydrogen) atoms. The van der Waals surface area contributed by atoms with Crippen molar-refractivity contribution in [3.05, 3.63) is 41.5 Å². The molecule has 0 saturated carbocycles. The Hall–Kier alpha value is -2.16. The Kier molecular flexibility index (Phi) is 3.19. The van der Waals surface area contributed by atoms with Gasteiger partial charge < -0.3 is 4.74 Å². The number of carbonyl (C=O) groups is 2. The number of carbonyl (C=O) groups excluding carboxylic acids is 2. The minimum Gasteiger partial charge on any atom is -0.493 e. The molecule has 0 spiro atoms. The first kappa shape index (κ1) is 11.3. The van der Waals surface area contributed by atoms with E-state index in [2.05, 4.69) is 0 Å². The monoisotopic (exact) mass is 228 g/mol. The van der Waals surface area contributed by atoms with Crippen LogP contribution in [0, 0.1) is 0 Å². The molecule has 2 aromatic rings. The second-order valence-electron chi connectivity index (χ2n) is 3.59. The van der Waals surface area contributed by atoms with Gasteiger partial charge in [0.25, 0.3) is 0 Å². The van der Waals surface area contributed by atoms with Crippen LogP contribution in [0.25, 0.3) is 10.8 Å². The van der Waals surface area contributed by atoms with Crippen LogP contribution in [0.1, 0.15) is 27.6 Å². The summed E-state index contributed by atoms with van der Waals surface area (Å²) in [4.78, 5) is 22.2. The number of hydrogen-bond acceptors (Lipinski definition) is 3. The third-order valence-electron chi connectivity index (χ3n) is 2.62. The molecule has 2 rings (SSSR count). The standard InChI is InChI=1S/C14H12O3/c1-2-17-13-7-6-10-4-3-5-11(8-15)14(10)12(13)9-16/h3-9H,2H2,1H3. The van der Waals surface area contributed by atoms with Gasteiger partial charge in [0.2, 0.25) is 0 Å². The highest BCUT2D eigenvalue weighted by Gasteiger charge is 2.10. The van der Waals surface area contributed by atoms with E-state index >= 15 is 0 Å². The highest BCUT2D eigenvalue weighted by molar-refractivity contribution is 6.08. The van der Waals surface area contributed by atoms with Gasteiger partial charge in [0.05, 0.1) is 12.2 Å². The van der Waals surface area contributed by atoms with Gasteiger partial charge in [0.15, 0.2) is 12.6 Å². The van der Waals surface area contributed by atoms with Crippen molar-refractivity contribution in [3.8, 4) is 5.75 Å².